The Bertz CT molecular complexity index is 586. The highest BCUT2D eigenvalue weighted by Gasteiger charge is 2.62. The first-order valence-corrected chi connectivity index (χ1v) is 6.77. The molecule has 5 heteroatoms. The zero-order valence-corrected chi connectivity index (χ0v) is 11.9. The summed E-state index contributed by atoms with van der Waals surface area (Å²) < 4.78 is 5.26. The van der Waals surface area contributed by atoms with Crippen LogP contribution in [0.2, 0.25) is 0 Å². The molecule has 0 aromatic heterocycles. The molecule has 3 amide bonds. The van der Waals surface area contributed by atoms with Crippen LogP contribution >= 0.6 is 0 Å². The van der Waals surface area contributed by atoms with E-state index in [-0.39, 0.29) is 17.9 Å². The van der Waals surface area contributed by atoms with Gasteiger partial charge in [0.25, 0.3) is 5.91 Å². The third kappa shape index (κ3) is 1.38. The van der Waals surface area contributed by atoms with Crippen LogP contribution in [0, 0.1) is 5.92 Å². The van der Waals surface area contributed by atoms with E-state index in [0.717, 1.165) is 12.0 Å². The predicted octanol–water partition coefficient (Wildman–Crippen LogP) is 1.82. The van der Waals surface area contributed by atoms with E-state index in [1.807, 2.05) is 31.2 Å². The van der Waals surface area contributed by atoms with E-state index in [9.17, 15) is 9.59 Å². The van der Waals surface area contributed by atoms with Gasteiger partial charge in [-0.15, -0.1) is 0 Å². The number of urea groups is 1. The van der Waals surface area contributed by atoms with Crippen molar-refractivity contribution in [1.29, 1.82) is 0 Å². The number of amides is 3. The number of rotatable bonds is 2. The van der Waals surface area contributed by atoms with Gasteiger partial charge in [0.05, 0.1) is 7.11 Å². The fourth-order valence-corrected chi connectivity index (χ4v) is 3.49. The molecule has 2 saturated heterocycles. The van der Waals surface area contributed by atoms with Gasteiger partial charge < -0.3 is 9.64 Å². The number of carbonyl (C=O) groups is 2. The number of ether oxygens (including phenoxy) is 1. The third-order valence-corrected chi connectivity index (χ3v) is 4.58. The minimum Gasteiger partial charge on any atom is -0.497 e. The van der Waals surface area contributed by atoms with Crippen molar-refractivity contribution in [2.45, 2.75) is 18.9 Å². The maximum atomic E-state index is 12.8. The van der Waals surface area contributed by atoms with Crippen molar-refractivity contribution in [3.8, 4) is 5.75 Å². The van der Waals surface area contributed by atoms with E-state index >= 15 is 0 Å². The first kappa shape index (κ1) is 13.0. The van der Waals surface area contributed by atoms with E-state index in [2.05, 4.69) is 0 Å². The predicted molar refractivity (Wildman–Crippen MR) is 73.3 cm³/mol. The van der Waals surface area contributed by atoms with Crippen molar-refractivity contribution < 1.29 is 14.3 Å². The molecule has 0 aliphatic carbocycles. The molecule has 106 valence electrons. The lowest BCUT2D eigenvalue weighted by Gasteiger charge is -2.32. The number of carbonyl (C=O) groups excluding carboxylic acids is 2. The highest BCUT2D eigenvalue weighted by Crippen LogP contribution is 2.49. The Morgan fingerprint density at radius 1 is 1.35 bits per heavy atom. The monoisotopic (exact) mass is 274 g/mol. The van der Waals surface area contributed by atoms with Crippen LogP contribution < -0.4 is 4.74 Å². The van der Waals surface area contributed by atoms with Crippen LogP contribution in [0.1, 0.15) is 18.9 Å². The molecule has 0 saturated carbocycles. The second-order valence-electron chi connectivity index (χ2n) is 5.49. The Balaban J connectivity index is 2.20. The lowest BCUT2D eigenvalue weighted by Crippen LogP contribution is -2.46. The topological polar surface area (TPSA) is 49.9 Å². The van der Waals surface area contributed by atoms with Gasteiger partial charge in [0.15, 0.2) is 5.54 Å². The fourth-order valence-electron chi connectivity index (χ4n) is 3.49. The summed E-state index contributed by atoms with van der Waals surface area (Å²) in [5, 5.41) is 0. The van der Waals surface area contributed by atoms with Crippen molar-refractivity contribution in [3.05, 3.63) is 29.8 Å². The Kier molecular flexibility index (Phi) is 2.74. The molecule has 0 N–H and O–H groups in total. The molecule has 2 heterocycles. The van der Waals surface area contributed by atoms with Crippen LogP contribution in [0.3, 0.4) is 0 Å². The highest BCUT2D eigenvalue weighted by atomic mass is 16.5. The number of imide groups is 1. The number of fused-ring (bicyclic) bond motifs is 1. The molecule has 2 atom stereocenters. The quantitative estimate of drug-likeness (QED) is 0.773. The van der Waals surface area contributed by atoms with E-state index in [1.165, 1.54) is 4.90 Å². The molecule has 2 fully saturated rings. The SMILES string of the molecule is COc1cccc([C@@]23C(=O)N(C)C(=O)N2CC[C@@H]3C)c1. The van der Waals surface area contributed by atoms with Gasteiger partial charge in [0.2, 0.25) is 0 Å². The lowest BCUT2D eigenvalue weighted by molar-refractivity contribution is -0.133. The molecule has 20 heavy (non-hydrogen) atoms. The summed E-state index contributed by atoms with van der Waals surface area (Å²) in [5.41, 5.74) is -0.0232. The average molecular weight is 274 g/mol. The standard InChI is InChI=1S/C15H18N2O3/c1-10-7-8-17-14(19)16(2)13(18)15(10,17)11-5-4-6-12(9-11)20-3/h4-6,9-10H,7-8H2,1-3H3/t10-,15-/m0/s1. The minimum atomic E-state index is -0.861. The van der Waals surface area contributed by atoms with Gasteiger partial charge >= 0.3 is 6.03 Å². The van der Waals surface area contributed by atoms with Crippen molar-refractivity contribution in [1.82, 2.24) is 9.80 Å². The van der Waals surface area contributed by atoms with E-state index in [1.54, 1.807) is 19.1 Å². The van der Waals surface area contributed by atoms with E-state index in [0.29, 0.717) is 12.3 Å². The van der Waals surface area contributed by atoms with Gasteiger partial charge in [0, 0.05) is 13.6 Å². The summed E-state index contributed by atoms with van der Waals surface area (Å²) in [6, 6.07) is 7.26. The fraction of sp³-hybridized carbons (Fsp3) is 0.467. The molecular weight excluding hydrogens is 256 g/mol. The molecule has 0 unspecified atom stereocenters. The van der Waals surface area contributed by atoms with Gasteiger partial charge in [-0.05, 0) is 30.0 Å². The zero-order valence-electron chi connectivity index (χ0n) is 11.9. The second kappa shape index (κ2) is 4.23. The molecule has 0 radical (unpaired) electrons. The van der Waals surface area contributed by atoms with Crippen LogP contribution in [0.15, 0.2) is 24.3 Å². The summed E-state index contributed by atoms with van der Waals surface area (Å²) in [5.74, 6) is 0.655. The molecular formula is C15H18N2O3. The maximum Gasteiger partial charge on any atom is 0.327 e. The van der Waals surface area contributed by atoms with E-state index in [4.69, 9.17) is 4.74 Å². The Morgan fingerprint density at radius 3 is 2.80 bits per heavy atom. The second-order valence-corrected chi connectivity index (χ2v) is 5.49. The van der Waals surface area contributed by atoms with Crippen LogP contribution in [0.4, 0.5) is 4.79 Å². The van der Waals surface area contributed by atoms with Crippen LogP contribution in [-0.4, -0.2) is 42.4 Å². The molecule has 3 rings (SSSR count). The Labute approximate surface area is 118 Å². The van der Waals surface area contributed by atoms with Crippen LogP contribution in [0.25, 0.3) is 0 Å². The number of likely N-dealkylation sites (N-methyl/N-ethyl adjacent to an activating group) is 1. The Hall–Kier alpha value is -2.04. The summed E-state index contributed by atoms with van der Waals surface area (Å²) >= 11 is 0. The number of hydrogen-bond donors (Lipinski definition) is 0. The third-order valence-electron chi connectivity index (χ3n) is 4.58. The number of nitrogens with zero attached hydrogens (tertiary/aromatic N) is 2. The molecule has 1 aromatic rings. The highest BCUT2D eigenvalue weighted by molar-refractivity contribution is 6.07. The molecule has 0 bridgehead atoms. The summed E-state index contributed by atoms with van der Waals surface area (Å²) in [6.45, 7) is 2.65. The molecule has 1 aromatic carbocycles. The number of benzene rings is 1. The normalized spacial score (nSPS) is 29.1. The van der Waals surface area contributed by atoms with Gasteiger partial charge in [-0.2, -0.15) is 0 Å². The maximum absolute atomic E-state index is 12.8. The summed E-state index contributed by atoms with van der Waals surface area (Å²) in [6.07, 6.45) is 0.836. The zero-order chi connectivity index (χ0) is 14.5. The molecule has 5 nitrogen and oxygen atoms in total. The lowest BCUT2D eigenvalue weighted by atomic mass is 9.79. The average Bonchev–Trinajstić information content (AvgIpc) is 2.91. The van der Waals surface area contributed by atoms with Gasteiger partial charge in [-0.3, -0.25) is 9.69 Å². The Morgan fingerprint density at radius 2 is 2.10 bits per heavy atom. The number of methoxy groups -OCH3 is 1. The smallest absolute Gasteiger partial charge is 0.327 e. The summed E-state index contributed by atoms with van der Waals surface area (Å²) in [7, 11) is 3.15. The van der Waals surface area contributed by atoms with Crippen LogP contribution in [-0.2, 0) is 10.3 Å². The van der Waals surface area contributed by atoms with E-state index < -0.39 is 5.54 Å². The van der Waals surface area contributed by atoms with Crippen molar-refractivity contribution in [2.24, 2.45) is 5.92 Å². The first-order chi connectivity index (χ1) is 9.53. The van der Waals surface area contributed by atoms with Gasteiger partial charge in [-0.25, -0.2) is 4.79 Å². The van der Waals surface area contributed by atoms with Gasteiger partial charge in [-0.1, -0.05) is 19.1 Å². The number of hydrogen-bond acceptors (Lipinski definition) is 3. The molecule has 2 aliphatic heterocycles. The summed E-state index contributed by atoms with van der Waals surface area (Å²) in [4.78, 5) is 28.0. The largest absolute Gasteiger partial charge is 0.497 e. The van der Waals surface area contributed by atoms with Crippen molar-refractivity contribution in [2.75, 3.05) is 20.7 Å². The van der Waals surface area contributed by atoms with Gasteiger partial charge in [0.1, 0.15) is 5.75 Å². The van der Waals surface area contributed by atoms with Crippen LogP contribution in [0.5, 0.6) is 5.75 Å². The first-order valence-electron chi connectivity index (χ1n) is 6.77. The van der Waals surface area contributed by atoms with Crippen molar-refractivity contribution in [3.63, 3.8) is 0 Å². The molecule has 0 spiro atoms. The van der Waals surface area contributed by atoms with Crippen molar-refractivity contribution >= 4 is 11.9 Å². The molecule has 2 aliphatic rings. The minimum absolute atomic E-state index is 0.0935.